The quantitative estimate of drug-likeness (QED) is 0.841. The third-order valence-electron chi connectivity index (χ3n) is 3.55. The minimum absolute atomic E-state index is 0.198. The van der Waals surface area contributed by atoms with Crippen LogP contribution in [-0.2, 0) is 0 Å². The van der Waals surface area contributed by atoms with Gasteiger partial charge in [0.05, 0.1) is 13.2 Å². The molecule has 0 bridgehead atoms. The Balaban J connectivity index is 2.06. The molecule has 1 aromatic rings. The minimum Gasteiger partial charge on any atom is -0.496 e. The van der Waals surface area contributed by atoms with Crippen molar-refractivity contribution in [2.24, 2.45) is 0 Å². The van der Waals surface area contributed by atoms with Crippen molar-refractivity contribution >= 4 is 0 Å². The molecule has 0 heterocycles. The molecule has 17 heavy (non-hydrogen) atoms. The van der Waals surface area contributed by atoms with Gasteiger partial charge in [0.15, 0.2) is 0 Å². The number of aliphatic hydroxyl groups excluding tert-OH is 1. The second kappa shape index (κ2) is 5.52. The van der Waals surface area contributed by atoms with Gasteiger partial charge in [0, 0.05) is 17.6 Å². The Morgan fingerprint density at radius 1 is 1.35 bits per heavy atom. The summed E-state index contributed by atoms with van der Waals surface area (Å²) in [5, 5.41) is 13.3. The number of nitrogens with one attached hydrogen (secondary N) is 1. The van der Waals surface area contributed by atoms with E-state index in [0.29, 0.717) is 0 Å². The lowest BCUT2D eigenvalue weighted by Crippen LogP contribution is -2.37. The highest BCUT2D eigenvalue weighted by Crippen LogP contribution is 2.27. The Bertz CT molecular complexity index is 367. The van der Waals surface area contributed by atoms with E-state index < -0.39 is 0 Å². The topological polar surface area (TPSA) is 41.5 Å². The summed E-state index contributed by atoms with van der Waals surface area (Å²) < 4.78 is 5.36. The van der Waals surface area contributed by atoms with Gasteiger partial charge in [-0.25, -0.2) is 0 Å². The molecule has 1 aromatic carbocycles. The van der Waals surface area contributed by atoms with Crippen molar-refractivity contribution in [1.82, 2.24) is 5.32 Å². The van der Waals surface area contributed by atoms with E-state index in [4.69, 9.17) is 4.74 Å². The Kier molecular flexibility index (Phi) is 4.02. The van der Waals surface area contributed by atoms with Crippen molar-refractivity contribution in [3.8, 4) is 5.75 Å². The lowest BCUT2D eigenvalue weighted by molar-refractivity contribution is 0.144. The molecule has 94 valence electrons. The molecular weight excluding hydrogens is 214 g/mol. The van der Waals surface area contributed by atoms with Gasteiger partial charge in [0.2, 0.25) is 0 Å². The average molecular weight is 235 g/mol. The van der Waals surface area contributed by atoms with E-state index in [2.05, 4.69) is 18.3 Å². The summed E-state index contributed by atoms with van der Waals surface area (Å²) in [6.45, 7) is 2.11. The number of para-hydroxylation sites is 1. The van der Waals surface area contributed by atoms with Gasteiger partial charge in [-0.2, -0.15) is 0 Å². The zero-order valence-corrected chi connectivity index (χ0v) is 10.5. The molecular formula is C14H21NO2. The van der Waals surface area contributed by atoms with Crippen LogP contribution in [0, 0.1) is 0 Å². The summed E-state index contributed by atoms with van der Waals surface area (Å²) in [6.07, 6.45) is 2.88. The van der Waals surface area contributed by atoms with E-state index in [1.807, 2.05) is 18.2 Å². The highest BCUT2D eigenvalue weighted by molar-refractivity contribution is 5.35. The second-order valence-electron chi connectivity index (χ2n) is 4.74. The van der Waals surface area contributed by atoms with E-state index in [1.165, 1.54) is 0 Å². The third kappa shape index (κ3) is 2.79. The Labute approximate surface area is 103 Å². The van der Waals surface area contributed by atoms with Crippen LogP contribution in [0.3, 0.4) is 0 Å². The molecule has 0 aliphatic heterocycles. The normalized spacial score (nSPS) is 25.8. The van der Waals surface area contributed by atoms with Gasteiger partial charge in [-0.05, 0) is 32.3 Å². The van der Waals surface area contributed by atoms with Gasteiger partial charge < -0.3 is 15.2 Å². The van der Waals surface area contributed by atoms with Gasteiger partial charge in [-0.3, -0.25) is 0 Å². The van der Waals surface area contributed by atoms with Crippen LogP contribution in [0.15, 0.2) is 24.3 Å². The summed E-state index contributed by atoms with van der Waals surface area (Å²) in [4.78, 5) is 0. The molecule has 0 amide bonds. The molecule has 0 aromatic heterocycles. The molecule has 1 fully saturated rings. The molecule has 0 radical (unpaired) electrons. The minimum atomic E-state index is -0.202. The monoisotopic (exact) mass is 235 g/mol. The van der Waals surface area contributed by atoms with Crippen molar-refractivity contribution in [3.05, 3.63) is 29.8 Å². The predicted molar refractivity (Wildman–Crippen MR) is 68.2 cm³/mol. The lowest BCUT2D eigenvalue weighted by atomic mass is 10.1. The first kappa shape index (κ1) is 12.4. The fourth-order valence-corrected chi connectivity index (χ4v) is 2.57. The number of ether oxygens (including phenoxy) is 1. The zero-order valence-electron chi connectivity index (χ0n) is 10.5. The fraction of sp³-hybridized carbons (Fsp3) is 0.571. The van der Waals surface area contributed by atoms with Gasteiger partial charge >= 0.3 is 0 Å². The third-order valence-corrected chi connectivity index (χ3v) is 3.55. The van der Waals surface area contributed by atoms with E-state index in [9.17, 15) is 5.11 Å². The molecule has 1 saturated carbocycles. The Morgan fingerprint density at radius 2 is 2.12 bits per heavy atom. The lowest BCUT2D eigenvalue weighted by Gasteiger charge is -2.23. The number of methoxy groups -OCH3 is 1. The summed E-state index contributed by atoms with van der Waals surface area (Å²) in [5.74, 6) is 0.903. The van der Waals surface area contributed by atoms with Crippen molar-refractivity contribution in [3.63, 3.8) is 0 Å². The average Bonchev–Trinajstić information content (AvgIpc) is 2.75. The van der Waals surface area contributed by atoms with Gasteiger partial charge in [-0.1, -0.05) is 18.2 Å². The van der Waals surface area contributed by atoms with Crippen molar-refractivity contribution in [1.29, 1.82) is 0 Å². The van der Waals surface area contributed by atoms with Gasteiger partial charge in [0.25, 0.3) is 0 Å². The summed E-state index contributed by atoms with van der Waals surface area (Å²) in [7, 11) is 1.69. The fourth-order valence-electron chi connectivity index (χ4n) is 2.57. The summed E-state index contributed by atoms with van der Waals surface area (Å²) >= 11 is 0. The van der Waals surface area contributed by atoms with Crippen LogP contribution < -0.4 is 10.1 Å². The van der Waals surface area contributed by atoms with Crippen LogP contribution in [0.4, 0.5) is 0 Å². The van der Waals surface area contributed by atoms with E-state index >= 15 is 0 Å². The smallest absolute Gasteiger partial charge is 0.123 e. The van der Waals surface area contributed by atoms with Crippen LogP contribution in [0.1, 0.15) is 37.8 Å². The zero-order chi connectivity index (χ0) is 12.3. The summed E-state index contributed by atoms with van der Waals surface area (Å²) in [6, 6.07) is 8.44. The molecule has 3 heteroatoms. The standard InChI is InChI=1S/C14H21NO2/c1-10(15-12-7-5-8-13(12)16)11-6-3-4-9-14(11)17-2/h3-4,6,9-10,12-13,15-16H,5,7-8H2,1-2H3/t10-,12+,13+/m1/s1. The van der Waals surface area contributed by atoms with E-state index in [-0.39, 0.29) is 18.2 Å². The molecule has 2 N–H and O–H groups in total. The maximum absolute atomic E-state index is 9.82. The summed E-state index contributed by atoms with van der Waals surface area (Å²) in [5.41, 5.74) is 1.15. The molecule has 0 saturated heterocycles. The number of rotatable bonds is 4. The molecule has 1 aliphatic rings. The van der Waals surface area contributed by atoms with Crippen molar-refractivity contribution in [2.75, 3.05) is 7.11 Å². The molecule has 3 atom stereocenters. The first-order valence-corrected chi connectivity index (χ1v) is 6.29. The van der Waals surface area contributed by atoms with Crippen LogP contribution in [0.25, 0.3) is 0 Å². The predicted octanol–water partition coefficient (Wildman–Crippen LogP) is 2.26. The van der Waals surface area contributed by atoms with Crippen LogP contribution in [-0.4, -0.2) is 24.4 Å². The number of benzene rings is 1. The second-order valence-corrected chi connectivity index (χ2v) is 4.74. The highest BCUT2D eigenvalue weighted by atomic mass is 16.5. The molecule has 1 aliphatic carbocycles. The first-order valence-electron chi connectivity index (χ1n) is 6.29. The highest BCUT2D eigenvalue weighted by Gasteiger charge is 2.26. The molecule has 0 spiro atoms. The molecule has 2 rings (SSSR count). The Morgan fingerprint density at radius 3 is 2.76 bits per heavy atom. The SMILES string of the molecule is COc1ccccc1[C@@H](C)N[C@H]1CCC[C@@H]1O. The van der Waals surface area contributed by atoms with Gasteiger partial charge in [-0.15, -0.1) is 0 Å². The van der Waals surface area contributed by atoms with Crippen LogP contribution >= 0.6 is 0 Å². The van der Waals surface area contributed by atoms with Crippen molar-refractivity contribution < 1.29 is 9.84 Å². The maximum Gasteiger partial charge on any atom is 0.123 e. The first-order chi connectivity index (χ1) is 8.22. The molecule has 0 unspecified atom stereocenters. The number of hydrogen-bond donors (Lipinski definition) is 2. The van der Waals surface area contributed by atoms with Crippen LogP contribution in [0.2, 0.25) is 0 Å². The van der Waals surface area contributed by atoms with Crippen molar-refractivity contribution in [2.45, 2.75) is 44.4 Å². The largest absolute Gasteiger partial charge is 0.496 e. The van der Waals surface area contributed by atoms with E-state index in [0.717, 1.165) is 30.6 Å². The number of hydrogen-bond acceptors (Lipinski definition) is 3. The maximum atomic E-state index is 9.82. The number of aliphatic hydroxyl groups is 1. The van der Waals surface area contributed by atoms with E-state index in [1.54, 1.807) is 7.11 Å². The Hall–Kier alpha value is -1.06. The molecule has 3 nitrogen and oxygen atoms in total. The van der Waals surface area contributed by atoms with Crippen LogP contribution in [0.5, 0.6) is 5.75 Å². The van der Waals surface area contributed by atoms with Gasteiger partial charge in [0.1, 0.15) is 5.75 Å².